The van der Waals surface area contributed by atoms with E-state index in [1.165, 1.54) is 0 Å². The summed E-state index contributed by atoms with van der Waals surface area (Å²) >= 11 is 0. The molecule has 3 N–H and O–H groups in total. The van der Waals surface area contributed by atoms with Gasteiger partial charge in [0, 0.05) is 8.80 Å². The molecule has 1 aromatic rings. The van der Waals surface area contributed by atoms with Crippen molar-refractivity contribution in [2.45, 2.75) is 53.1 Å². The van der Waals surface area contributed by atoms with E-state index in [9.17, 15) is 0 Å². The molecule has 0 heterocycles. The molecule has 5 heteroatoms. The van der Waals surface area contributed by atoms with E-state index >= 15 is 0 Å². The van der Waals surface area contributed by atoms with Crippen molar-refractivity contribution in [2.75, 3.05) is 19.6 Å². The van der Waals surface area contributed by atoms with Crippen LogP contribution in [0.1, 0.15) is 40.0 Å². The Morgan fingerprint density at radius 3 is 1.10 bits per heavy atom. The molecule has 0 bridgehead atoms. The molecular weight excluding hydrogens is 441 g/mol. The second-order valence-electron chi connectivity index (χ2n) is 4.62. The van der Waals surface area contributed by atoms with Gasteiger partial charge in [0.05, 0.1) is 0 Å². The molecule has 1 rings (SSSR count). The summed E-state index contributed by atoms with van der Waals surface area (Å²) < 4.78 is 0. The average Bonchev–Trinajstić information content (AvgIpc) is 3.02. The molecule has 0 fully saturated rings. The van der Waals surface area contributed by atoms with Crippen molar-refractivity contribution in [2.24, 2.45) is 0 Å². The van der Waals surface area contributed by atoms with Crippen LogP contribution < -0.4 is 5.19 Å². The summed E-state index contributed by atoms with van der Waals surface area (Å²) in [6.45, 7) is 12.4. The molecule has 0 amide bonds. The van der Waals surface area contributed by atoms with Crippen molar-refractivity contribution in [3.8, 4) is 0 Å². The van der Waals surface area contributed by atoms with Gasteiger partial charge in [0.1, 0.15) is 0 Å². The molecule has 0 saturated carbocycles. The van der Waals surface area contributed by atoms with Gasteiger partial charge in [-0.05, 0) is 0 Å². The Morgan fingerprint density at radius 2 is 1.00 bits per heavy atom. The summed E-state index contributed by atoms with van der Waals surface area (Å²) in [6.07, 6.45) is 2.96. The zero-order valence-electron chi connectivity index (χ0n) is 14.6. The van der Waals surface area contributed by atoms with E-state index in [2.05, 4.69) is 37.4 Å². The van der Waals surface area contributed by atoms with Gasteiger partial charge in [-0.15, -0.1) is 0 Å². The Morgan fingerprint density at radius 1 is 0.762 bits per heavy atom. The van der Waals surface area contributed by atoms with Crippen LogP contribution in [0, 0.1) is 0 Å². The van der Waals surface area contributed by atoms with Crippen molar-refractivity contribution < 1.29 is 25.8 Å². The smallest absolute Gasteiger partial charge is 0.677 e. The monoisotopic (exact) mass is 477 g/mol. The molecule has 0 spiro atoms. The van der Waals surface area contributed by atoms with Gasteiger partial charge < -0.3 is 17.2 Å². The van der Waals surface area contributed by atoms with Crippen LogP contribution >= 0.6 is 0 Å². The van der Waals surface area contributed by atoms with Gasteiger partial charge >= 0.3 is 25.8 Å². The summed E-state index contributed by atoms with van der Waals surface area (Å²) in [5.74, 6) is 0. The molecular formula is C16H35HfN3Si. The first-order valence-electron chi connectivity index (χ1n) is 7.70. The largest absolute Gasteiger partial charge is 4.00 e. The third-order valence-electron chi connectivity index (χ3n) is 2.11. The first-order chi connectivity index (χ1) is 9.55. The van der Waals surface area contributed by atoms with Crippen molar-refractivity contribution in [1.82, 2.24) is 0 Å². The molecule has 0 aromatic heterocycles. The molecule has 0 unspecified atom stereocenters. The topological polar surface area (TPSA) is 71.4 Å². The fraction of sp³-hybridized carbons (Fsp3) is 0.688. The molecule has 0 atom stereocenters. The zero-order valence-corrected chi connectivity index (χ0v) is 19.4. The van der Waals surface area contributed by atoms with E-state index < -0.39 is 8.80 Å². The van der Waals surface area contributed by atoms with Gasteiger partial charge in [0.25, 0.3) is 0 Å². The van der Waals surface area contributed by atoms with Gasteiger partial charge in [-0.1, -0.05) is 53.1 Å². The Labute approximate surface area is 153 Å². The minimum absolute atomic E-state index is 0. The van der Waals surface area contributed by atoms with Crippen molar-refractivity contribution >= 4 is 14.0 Å². The zero-order chi connectivity index (χ0) is 16.2. The fourth-order valence-electron chi connectivity index (χ4n) is 0.774. The third-order valence-corrected chi connectivity index (χ3v) is 3.82. The predicted molar refractivity (Wildman–Crippen MR) is 99.0 cm³/mol. The molecule has 3 nitrogen and oxygen atoms in total. The quantitative estimate of drug-likeness (QED) is 0.410. The van der Waals surface area contributed by atoms with Gasteiger partial charge in [0.2, 0.25) is 0 Å². The molecule has 1 aromatic carbocycles. The minimum atomic E-state index is -0.480. The predicted octanol–water partition coefficient (Wildman–Crippen LogP) is 5.44. The number of rotatable bonds is 4. The van der Waals surface area contributed by atoms with E-state index in [0.717, 1.165) is 19.3 Å². The second kappa shape index (κ2) is 28.5. The number of hydrogen-bond donors (Lipinski definition) is 0. The van der Waals surface area contributed by atoms with Crippen LogP contribution in [-0.4, -0.2) is 28.4 Å². The normalized spacial score (nSPS) is 8.24. The Bertz CT molecular complexity index is 214. The van der Waals surface area contributed by atoms with Gasteiger partial charge in [-0.25, -0.2) is 12.1 Å². The van der Waals surface area contributed by atoms with Crippen LogP contribution in [0.3, 0.4) is 0 Å². The van der Waals surface area contributed by atoms with Crippen molar-refractivity contribution in [3.05, 3.63) is 41.5 Å². The first kappa shape index (κ1) is 29.3. The maximum atomic E-state index is 6.45. The van der Waals surface area contributed by atoms with Gasteiger partial charge in [0.15, 0.2) is 0 Å². The summed E-state index contributed by atoms with van der Waals surface area (Å²) in [5, 5.41) is 1.57. The van der Waals surface area contributed by atoms with Crippen LogP contribution in [0.4, 0.5) is 0 Å². The van der Waals surface area contributed by atoms with Gasteiger partial charge in [-0.2, -0.15) is 37.0 Å². The van der Waals surface area contributed by atoms with E-state index in [-0.39, 0.29) is 25.8 Å². The number of nitrogens with one attached hydrogen (secondary N) is 3. The van der Waals surface area contributed by atoms with E-state index in [1.54, 1.807) is 5.19 Å². The summed E-state index contributed by atoms with van der Waals surface area (Å²) in [4.78, 5) is 0. The van der Waals surface area contributed by atoms with Gasteiger partial charge in [-0.3, -0.25) is 0 Å². The van der Waals surface area contributed by atoms with Crippen molar-refractivity contribution in [3.63, 3.8) is 0 Å². The molecule has 0 aliphatic carbocycles. The van der Waals surface area contributed by atoms with Crippen molar-refractivity contribution in [1.29, 1.82) is 0 Å². The second-order valence-corrected chi connectivity index (χ2v) is 7.60. The van der Waals surface area contributed by atoms with E-state index in [4.69, 9.17) is 17.2 Å². The van der Waals surface area contributed by atoms with Crippen LogP contribution in [0.15, 0.2) is 24.3 Å². The van der Waals surface area contributed by atoms with E-state index in [0.29, 0.717) is 19.6 Å². The average molecular weight is 476 g/mol. The molecule has 0 saturated heterocycles. The van der Waals surface area contributed by atoms with Crippen LogP contribution in [0.5, 0.6) is 0 Å². The molecule has 122 valence electrons. The van der Waals surface area contributed by atoms with Crippen LogP contribution in [-0.2, 0) is 25.8 Å². The summed E-state index contributed by atoms with van der Waals surface area (Å²) in [6, 6.07) is 8.67. The molecule has 0 radical (unpaired) electrons. The minimum Gasteiger partial charge on any atom is -0.677 e. The summed E-state index contributed by atoms with van der Waals surface area (Å²) in [7, 11) is -0.480. The maximum absolute atomic E-state index is 6.45. The van der Waals surface area contributed by atoms with Crippen LogP contribution in [0.2, 0.25) is 13.1 Å². The maximum Gasteiger partial charge on any atom is 4.00 e. The van der Waals surface area contributed by atoms with E-state index in [1.807, 2.05) is 20.8 Å². The molecule has 0 aliphatic rings. The third kappa shape index (κ3) is 33.3. The Balaban J connectivity index is -0.0000000973. The first-order valence-corrected chi connectivity index (χ1v) is 10.6. The summed E-state index contributed by atoms with van der Waals surface area (Å²) in [5.41, 5.74) is 19.4. The Hall–Kier alpha value is 0.317. The SMILES string of the molecule is CCC[NH-].CCC[NH-].CCC[NH-].C[SiH](C)[c-]1cccc1.[Hf+4]. The number of hydrogen-bond acceptors (Lipinski definition) is 0. The Kier molecular flexibility index (Phi) is 39.8. The molecule has 21 heavy (non-hydrogen) atoms. The standard InChI is InChI=1S/C7H11Si.3C3H8N.Hf/c1-8(2)7-5-3-4-6-7;3*1-2-3-4;/h3-6,8H,1-2H3;3*4H,2-3H2,1H3;/q4*-1;+4. The molecule has 0 aliphatic heterocycles. The fourth-order valence-corrected chi connectivity index (χ4v) is 1.77. The van der Waals surface area contributed by atoms with Crippen LogP contribution in [0.25, 0.3) is 17.2 Å².